The molecular formula is C18H17NO4. The number of carbonyl (C=O) groups is 2. The summed E-state index contributed by atoms with van der Waals surface area (Å²) in [7, 11) is 0. The molecule has 0 saturated carbocycles. The predicted octanol–water partition coefficient (Wildman–Crippen LogP) is 3.32. The van der Waals surface area contributed by atoms with Crippen LogP contribution >= 0.6 is 0 Å². The topological polar surface area (TPSA) is 75.6 Å². The molecule has 23 heavy (non-hydrogen) atoms. The number of benzene rings is 2. The number of alkyl carbamates (subject to hydrolysis) is 1. The van der Waals surface area contributed by atoms with Crippen LogP contribution in [0.15, 0.2) is 60.7 Å². The van der Waals surface area contributed by atoms with Crippen LogP contribution in [0.2, 0.25) is 0 Å². The third-order valence-corrected chi connectivity index (χ3v) is 3.07. The fourth-order valence-corrected chi connectivity index (χ4v) is 1.94. The van der Waals surface area contributed by atoms with Gasteiger partial charge in [0, 0.05) is 6.54 Å². The van der Waals surface area contributed by atoms with E-state index in [0.29, 0.717) is 5.56 Å². The molecule has 0 fully saturated rings. The lowest BCUT2D eigenvalue weighted by Crippen LogP contribution is -2.24. The van der Waals surface area contributed by atoms with Gasteiger partial charge in [-0.05, 0) is 17.2 Å². The number of ether oxygens (including phenoxy) is 1. The highest BCUT2D eigenvalue weighted by Gasteiger charge is 2.06. The normalized spacial score (nSPS) is 10.4. The molecule has 5 heteroatoms. The van der Waals surface area contributed by atoms with Crippen LogP contribution in [0.3, 0.4) is 0 Å². The van der Waals surface area contributed by atoms with Crippen molar-refractivity contribution in [1.82, 2.24) is 5.32 Å². The SMILES string of the molecule is O=C(NCC=Cc1ccccc1C(=O)O)OCc1ccccc1. The van der Waals surface area contributed by atoms with Crippen molar-refractivity contribution in [1.29, 1.82) is 0 Å². The van der Waals surface area contributed by atoms with Crippen LogP contribution in [-0.4, -0.2) is 23.7 Å². The molecule has 0 saturated heterocycles. The molecule has 1 amide bonds. The fraction of sp³-hybridized carbons (Fsp3) is 0.111. The maximum atomic E-state index is 11.5. The monoisotopic (exact) mass is 311 g/mol. The summed E-state index contributed by atoms with van der Waals surface area (Å²) in [6.07, 6.45) is 2.80. The Kier molecular flexibility index (Phi) is 5.94. The van der Waals surface area contributed by atoms with Crippen molar-refractivity contribution in [3.05, 3.63) is 77.4 Å². The first-order valence-electron chi connectivity index (χ1n) is 7.10. The minimum absolute atomic E-state index is 0.207. The number of hydrogen-bond donors (Lipinski definition) is 2. The second kappa shape index (κ2) is 8.38. The molecule has 0 heterocycles. The van der Waals surface area contributed by atoms with Gasteiger partial charge >= 0.3 is 12.1 Å². The quantitative estimate of drug-likeness (QED) is 0.858. The average molecular weight is 311 g/mol. The Morgan fingerprint density at radius 1 is 1.04 bits per heavy atom. The van der Waals surface area contributed by atoms with Crippen molar-refractivity contribution < 1.29 is 19.4 Å². The summed E-state index contributed by atoms with van der Waals surface area (Å²) in [5.74, 6) is -0.986. The minimum Gasteiger partial charge on any atom is -0.478 e. The van der Waals surface area contributed by atoms with Gasteiger partial charge in [0.2, 0.25) is 0 Å². The number of aromatic carboxylic acids is 1. The van der Waals surface area contributed by atoms with E-state index in [2.05, 4.69) is 5.32 Å². The number of carboxylic acids is 1. The zero-order chi connectivity index (χ0) is 16.5. The molecule has 0 aliphatic rings. The van der Waals surface area contributed by atoms with E-state index in [-0.39, 0.29) is 18.7 Å². The average Bonchev–Trinajstić information content (AvgIpc) is 2.58. The Morgan fingerprint density at radius 3 is 2.48 bits per heavy atom. The largest absolute Gasteiger partial charge is 0.478 e. The van der Waals surface area contributed by atoms with Crippen LogP contribution < -0.4 is 5.32 Å². The van der Waals surface area contributed by atoms with Crippen LogP contribution in [0.1, 0.15) is 21.5 Å². The summed E-state index contributed by atoms with van der Waals surface area (Å²) >= 11 is 0. The smallest absolute Gasteiger partial charge is 0.407 e. The van der Waals surface area contributed by atoms with Gasteiger partial charge in [-0.2, -0.15) is 0 Å². The first-order chi connectivity index (χ1) is 11.2. The third-order valence-electron chi connectivity index (χ3n) is 3.07. The van der Waals surface area contributed by atoms with Crippen LogP contribution in [0.5, 0.6) is 0 Å². The fourth-order valence-electron chi connectivity index (χ4n) is 1.94. The van der Waals surface area contributed by atoms with Gasteiger partial charge in [0.1, 0.15) is 6.61 Å². The molecule has 2 aromatic rings. The van der Waals surface area contributed by atoms with Crippen molar-refractivity contribution in [2.45, 2.75) is 6.61 Å². The van der Waals surface area contributed by atoms with E-state index in [1.807, 2.05) is 30.3 Å². The van der Waals surface area contributed by atoms with Gasteiger partial charge in [-0.25, -0.2) is 9.59 Å². The van der Waals surface area contributed by atoms with Crippen LogP contribution in [0.4, 0.5) is 4.79 Å². The summed E-state index contributed by atoms with van der Waals surface area (Å²) in [6.45, 7) is 0.458. The van der Waals surface area contributed by atoms with Crippen molar-refractivity contribution in [2.24, 2.45) is 0 Å². The van der Waals surface area contributed by atoms with Crippen LogP contribution in [0, 0.1) is 0 Å². The molecule has 0 aromatic heterocycles. The van der Waals surface area contributed by atoms with Crippen molar-refractivity contribution in [2.75, 3.05) is 6.54 Å². The Balaban J connectivity index is 1.78. The Labute approximate surface area is 134 Å². The first kappa shape index (κ1) is 16.3. The molecule has 0 radical (unpaired) electrons. The van der Waals surface area contributed by atoms with E-state index in [9.17, 15) is 9.59 Å². The van der Waals surface area contributed by atoms with Gasteiger partial charge in [0.25, 0.3) is 0 Å². The predicted molar refractivity (Wildman–Crippen MR) is 87.1 cm³/mol. The molecule has 5 nitrogen and oxygen atoms in total. The number of carbonyl (C=O) groups excluding carboxylic acids is 1. The highest BCUT2D eigenvalue weighted by atomic mass is 16.5. The highest BCUT2D eigenvalue weighted by Crippen LogP contribution is 2.10. The summed E-state index contributed by atoms with van der Waals surface area (Å²) in [4.78, 5) is 22.6. The van der Waals surface area contributed by atoms with Crippen molar-refractivity contribution >= 4 is 18.1 Å². The van der Waals surface area contributed by atoms with Crippen LogP contribution in [0.25, 0.3) is 6.08 Å². The lowest BCUT2D eigenvalue weighted by molar-refractivity contribution is 0.0696. The van der Waals surface area contributed by atoms with Crippen LogP contribution in [-0.2, 0) is 11.3 Å². The number of rotatable bonds is 6. The molecule has 0 aliphatic heterocycles. The maximum absolute atomic E-state index is 11.5. The molecule has 0 spiro atoms. The number of hydrogen-bond acceptors (Lipinski definition) is 3. The van der Waals surface area contributed by atoms with E-state index in [1.54, 1.807) is 30.4 Å². The lowest BCUT2D eigenvalue weighted by Gasteiger charge is -2.05. The Bertz CT molecular complexity index is 695. The number of amides is 1. The molecule has 118 valence electrons. The van der Waals surface area contributed by atoms with Crippen molar-refractivity contribution in [3.63, 3.8) is 0 Å². The molecule has 0 aliphatic carbocycles. The maximum Gasteiger partial charge on any atom is 0.407 e. The summed E-state index contributed by atoms with van der Waals surface area (Å²) in [5.41, 5.74) is 1.71. The van der Waals surface area contributed by atoms with Gasteiger partial charge in [0.15, 0.2) is 0 Å². The molecule has 0 atom stereocenters. The summed E-state index contributed by atoms with van der Waals surface area (Å²) in [6, 6.07) is 16.0. The highest BCUT2D eigenvalue weighted by molar-refractivity contribution is 5.92. The molecule has 2 rings (SSSR count). The van der Waals surface area contributed by atoms with Gasteiger partial charge in [-0.15, -0.1) is 0 Å². The van der Waals surface area contributed by atoms with Gasteiger partial charge in [0.05, 0.1) is 5.56 Å². The van der Waals surface area contributed by atoms with Gasteiger partial charge < -0.3 is 15.2 Å². The second-order valence-electron chi connectivity index (χ2n) is 4.74. The van der Waals surface area contributed by atoms with E-state index >= 15 is 0 Å². The van der Waals surface area contributed by atoms with Gasteiger partial charge in [-0.1, -0.05) is 60.7 Å². The lowest BCUT2D eigenvalue weighted by atomic mass is 10.1. The van der Waals surface area contributed by atoms with Crippen molar-refractivity contribution in [3.8, 4) is 0 Å². The molecule has 0 unspecified atom stereocenters. The van der Waals surface area contributed by atoms with E-state index in [4.69, 9.17) is 9.84 Å². The van der Waals surface area contributed by atoms with Gasteiger partial charge in [-0.3, -0.25) is 0 Å². The molecule has 2 N–H and O–H groups in total. The van der Waals surface area contributed by atoms with E-state index in [0.717, 1.165) is 5.56 Å². The third kappa shape index (κ3) is 5.32. The number of nitrogens with one attached hydrogen (secondary N) is 1. The molecule has 0 bridgehead atoms. The Morgan fingerprint density at radius 2 is 1.74 bits per heavy atom. The zero-order valence-corrected chi connectivity index (χ0v) is 12.4. The second-order valence-corrected chi connectivity index (χ2v) is 4.74. The molecular weight excluding hydrogens is 294 g/mol. The standard InChI is InChI=1S/C18H17NO4/c20-17(21)16-11-5-4-9-15(16)10-6-12-19-18(22)23-13-14-7-2-1-3-8-14/h1-11H,12-13H2,(H,19,22)(H,20,21). The molecule has 2 aromatic carbocycles. The first-order valence-corrected chi connectivity index (χ1v) is 7.10. The summed E-state index contributed by atoms with van der Waals surface area (Å²) in [5, 5.41) is 11.6. The van der Waals surface area contributed by atoms with E-state index < -0.39 is 12.1 Å². The summed E-state index contributed by atoms with van der Waals surface area (Å²) < 4.78 is 5.06. The number of carboxylic acid groups (broad SMARTS) is 1. The Hall–Kier alpha value is -3.08. The minimum atomic E-state index is -0.986. The van der Waals surface area contributed by atoms with E-state index in [1.165, 1.54) is 6.07 Å². The zero-order valence-electron chi connectivity index (χ0n) is 12.4.